The summed E-state index contributed by atoms with van der Waals surface area (Å²) < 4.78 is 0. The Balaban J connectivity index is 2.09. The van der Waals surface area contributed by atoms with Crippen LogP contribution in [0.4, 0.5) is 0 Å². The average Bonchev–Trinajstić information content (AvgIpc) is 2.72. The van der Waals surface area contributed by atoms with Gasteiger partial charge in [0.15, 0.2) is 0 Å². The van der Waals surface area contributed by atoms with E-state index in [1.807, 2.05) is 0 Å². The second-order valence-corrected chi connectivity index (χ2v) is 3.99. The molecule has 2 rings (SSSR count). The fourth-order valence-corrected chi connectivity index (χ4v) is 2.08. The molecule has 5 nitrogen and oxygen atoms in total. The van der Waals surface area contributed by atoms with Crippen LogP contribution >= 0.6 is 0 Å². The van der Waals surface area contributed by atoms with Crippen molar-refractivity contribution in [2.75, 3.05) is 13.6 Å². The van der Waals surface area contributed by atoms with Gasteiger partial charge >= 0.3 is 5.97 Å². The van der Waals surface area contributed by atoms with E-state index in [0.717, 1.165) is 18.7 Å². The van der Waals surface area contributed by atoms with Gasteiger partial charge in [-0.05, 0) is 26.4 Å². The second kappa shape index (κ2) is 4.02. The van der Waals surface area contributed by atoms with E-state index < -0.39 is 5.97 Å². The van der Waals surface area contributed by atoms with Crippen LogP contribution in [0.15, 0.2) is 6.20 Å². The Labute approximate surface area is 88.1 Å². The first-order valence-corrected chi connectivity index (χ1v) is 5.12. The second-order valence-electron chi connectivity index (χ2n) is 3.99. The normalized spacial score (nSPS) is 22.1. The number of imidazole rings is 1. The molecule has 1 aliphatic rings. The number of rotatable bonds is 3. The highest BCUT2D eigenvalue weighted by Crippen LogP contribution is 2.28. The molecule has 0 spiro atoms. The van der Waals surface area contributed by atoms with Gasteiger partial charge in [-0.25, -0.2) is 4.98 Å². The Morgan fingerprint density at radius 2 is 2.60 bits per heavy atom. The van der Waals surface area contributed by atoms with E-state index in [1.165, 1.54) is 6.42 Å². The number of aromatic amines is 1. The molecule has 1 unspecified atom stereocenters. The first kappa shape index (κ1) is 10.2. The molecular weight excluding hydrogens is 194 g/mol. The summed E-state index contributed by atoms with van der Waals surface area (Å²) in [5.74, 6) is -0.312. The number of aromatic nitrogens is 2. The SMILES string of the molecule is CN1CCCC1c1cnc(CC(=O)O)[nH]1. The van der Waals surface area contributed by atoms with Crippen molar-refractivity contribution in [2.24, 2.45) is 0 Å². The van der Waals surface area contributed by atoms with Gasteiger partial charge in [-0.1, -0.05) is 0 Å². The molecule has 0 radical (unpaired) electrons. The molecule has 0 aliphatic carbocycles. The van der Waals surface area contributed by atoms with Crippen molar-refractivity contribution in [3.05, 3.63) is 17.7 Å². The molecule has 1 fully saturated rings. The lowest BCUT2D eigenvalue weighted by molar-refractivity contribution is -0.136. The molecule has 2 heterocycles. The molecule has 1 atom stereocenters. The minimum Gasteiger partial charge on any atom is -0.481 e. The minimum atomic E-state index is -0.851. The summed E-state index contributed by atoms with van der Waals surface area (Å²) in [5, 5.41) is 8.62. The van der Waals surface area contributed by atoms with Crippen LogP contribution in [-0.4, -0.2) is 39.5 Å². The molecule has 15 heavy (non-hydrogen) atoms. The van der Waals surface area contributed by atoms with Gasteiger partial charge < -0.3 is 10.1 Å². The van der Waals surface area contributed by atoms with E-state index in [9.17, 15) is 4.79 Å². The average molecular weight is 209 g/mol. The lowest BCUT2D eigenvalue weighted by Crippen LogP contribution is -2.17. The maximum atomic E-state index is 10.5. The van der Waals surface area contributed by atoms with Crippen molar-refractivity contribution in [3.8, 4) is 0 Å². The van der Waals surface area contributed by atoms with Crippen molar-refractivity contribution in [1.29, 1.82) is 0 Å². The zero-order valence-electron chi connectivity index (χ0n) is 8.73. The van der Waals surface area contributed by atoms with Crippen LogP contribution in [0.25, 0.3) is 0 Å². The summed E-state index contributed by atoms with van der Waals surface area (Å²) in [5.41, 5.74) is 1.03. The third-order valence-corrected chi connectivity index (χ3v) is 2.85. The van der Waals surface area contributed by atoms with E-state index in [1.54, 1.807) is 6.20 Å². The van der Waals surface area contributed by atoms with Crippen LogP contribution in [0.3, 0.4) is 0 Å². The summed E-state index contributed by atoms with van der Waals surface area (Å²) in [6.45, 7) is 1.10. The Morgan fingerprint density at radius 3 is 3.20 bits per heavy atom. The lowest BCUT2D eigenvalue weighted by Gasteiger charge is -2.17. The number of aliphatic carboxylic acids is 1. The summed E-state index contributed by atoms with van der Waals surface area (Å²) in [6, 6.07) is 0.375. The number of likely N-dealkylation sites (tertiary alicyclic amines) is 1. The number of carboxylic acids is 1. The molecule has 1 aromatic rings. The highest BCUT2D eigenvalue weighted by atomic mass is 16.4. The van der Waals surface area contributed by atoms with Gasteiger partial charge in [0.1, 0.15) is 12.2 Å². The first-order chi connectivity index (χ1) is 7.16. The predicted molar refractivity (Wildman–Crippen MR) is 54.5 cm³/mol. The van der Waals surface area contributed by atoms with E-state index in [2.05, 4.69) is 21.9 Å². The quantitative estimate of drug-likeness (QED) is 0.772. The summed E-state index contributed by atoms with van der Waals surface area (Å²) in [6.07, 6.45) is 4.03. The third kappa shape index (κ3) is 2.18. The Hall–Kier alpha value is -1.36. The molecule has 1 aliphatic heterocycles. The monoisotopic (exact) mass is 209 g/mol. The smallest absolute Gasteiger partial charge is 0.311 e. The highest BCUT2D eigenvalue weighted by molar-refractivity contribution is 5.68. The van der Waals surface area contributed by atoms with Crippen molar-refractivity contribution < 1.29 is 9.90 Å². The summed E-state index contributed by atoms with van der Waals surface area (Å²) in [7, 11) is 2.08. The van der Waals surface area contributed by atoms with Crippen LogP contribution in [0.1, 0.15) is 30.4 Å². The maximum absolute atomic E-state index is 10.5. The highest BCUT2D eigenvalue weighted by Gasteiger charge is 2.24. The van der Waals surface area contributed by atoms with E-state index in [0.29, 0.717) is 11.9 Å². The number of carboxylic acid groups (broad SMARTS) is 1. The molecule has 1 saturated heterocycles. The van der Waals surface area contributed by atoms with Crippen molar-refractivity contribution in [3.63, 3.8) is 0 Å². The predicted octanol–water partition coefficient (Wildman–Crippen LogP) is 0.804. The Bertz CT molecular complexity index is 361. The molecule has 0 saturated carbocycles. The fourth-order valence-electron chi connectivity index (χ4n) is 2.08. The van der Waals surface area contributed by atoms with E-state index >= 15 is 0 Å². The number of hydrogen-bond acceptors (Lipinski definition) is 3. The van der Waals surface area contributed by atoms with Gasteiger partial charge in [0.2, 0.25) is 0 Å². The molecule has 0 aromatic carbocycles. The largest absolute Gasteiger partial charge is 0.481 e. The van der Waals surface area contributed by atoms with Crippen molar-refractivity contribution in [1.82, 2.24) is 14.9 Å². The third-order valence-electron chi connectivity index (χ3n) is 2.85. The van der Waals surface area contributed by atoms with Crippen LogP contribution in [-0.2, 0) is 11.2 Å². The zero-order valence-corrected chi connectivity index (χ0v) is 8.73. The van der Waals surface area contributed by atoms with Crippen LogP contribution in [0.2, 0.25) is 0 Å². The van der Waals surface area contributed by atoms with Gasteiger partial charge in [0.05, 0.1) is 11.7 Å². The number of carbonyl (C=O) groups is 1. The van der Waals surface area contributed by atoms with Gasteiger partial charge in [-0.15, -0.1) is 0 Å². The zero-order chi connectivity index (χ0) is 10.8. The molecule has 0 bridgehead atoms. The number of nitrogens with zero attached hydrogens (tertiary/aromatic N) is 2. The van der Waals surface area contributed by atoms with Crippen LogP contribution in [0.5, 0.6) is 0 Å². The maximum Gasteiger partial charge on any atom is 0.311 e. The molecule has 2 N–H and O–H groups in total. The van der Waals surface area contributed by atoms with Gasteiger partial charge in [0, 0.05) is 6.20 Å². The standard InChI is InChI=1S/C10H15N3O2/c1-13-4-2-3-8(13)7-6-11-9(12-7)5-10(14)15/h6,8H,2-5H2,1H3,(H,11,12)(H,14,15). The van der Waals surface area contributed by atoms with Gasteiger partial charge in [-0.2, -0.15) is 0 Å². The molecule has 82 valence electrons. The topological polar surface area (TPSA) is 69.2 Å². The van der Waals surface area contributed by atoms with E-state index in [4.69, 9.17) is 5.11 Å². The van der Waals surface area contributed by atoms with E-state index in [-0.39, 0.29) is 6.42 Å². The molecule has 1 aromatic heterocycles. The Morgan fingerprint density at radius 1 is 1.80 bits per heavy atom. The van der Waals surface area contributed by atoms with Crippen LogP contribution < -0.4 is 0 Å². The Kier molecular flexibility index (Phi) is 2.73. The van der Waals surface area contributed by atoms with Gasteiger partial charge in [-0.3, -0.25) is 9.69 Å². The molecule has 5 heteroatoms. The molecular formula is C10H15N3O2. The van der Waals surface area contributed by atoms with Crippen molar-refractivity contribution >= 4 is 5.97 Å². The lowest BCUT2D eigenvalue weighted by atomic mass is 10.2. The summed E-state index contributed by atoms with van der Waals surface area (Å²) in [4.78, 5) is 19.9. The first-order valence-electron chi connectivity index (χ1n) is 5.12. The summed E-state index contributed by atoms with van der Waals surface area (Å²) >= 11 is 0. The van der Waals surface area contributed by atoms with Crippen LogP contribution in [0, 0.1) is 0 Å². The fraction of sp³-hybridized carbons (Fsp3) is 0.600. The number of nitrogens with one attached hydrogen (secondary N) is 1. The van der Waals surface area contributed by atoms with Gasteiger partial charge in [0.25, 0.3) is 0 Å². The number of H-pyrrole nitrogens is 1. The number of hydrogen-bond donors (Lipinski definition) is 2. The minimum absolute atomic E-state index is 0.0313. The van der Waals surface area contributed by atoms with Crippen molar-refractivity contribution in [2.45, 2.75) is 25.3 Å². The molecule has 0 amide bonds.